The van der Waals surface area contributed by atoms with E-state index in [1.54, 1.807) is 0 Å². The Bertz CT molecular complexity index is 76.9. The van der Waals surface area contributed by atoms with Crippen molar-refractivity contribution in [2.24, 2.45) is 0 Å². The smallest absolute Gasteiger partial charge is 0.191 e. The van der Waals surface area contributed by atoms with Gasteiger partial charge < -0.3 is 0 Å². The van der Waals surface area contributed by atoms with Gasteiger partial charge in [0, 0.05) is 21.7 Å². The van der Waals surface area contributed by atoms with Gasteiger partial charge >= 0.3 is 0 Å². The summed E-state index contributed by atoms with van der Waals surface area (Å²) in [6.07, 6.45) is 10.0. The van der Waals surface area contributed by atoms with Gasteiger partial charge in [-0.25, -0.2) is 12.2 Å². The molecule has 0 saturated heterocycles. The summed E-state index contributed by atoms with van der Waals surface area (Å²) in [7, 11) is 0. The average Bonchev–Trinajstić information content (AvgIpc) is 2.17. The molecule has 0 bridgehead atoms. The maximum Gasteiger partial charge on any atom is 0.191 e. The van der Waals surface area contributed by atoms with Crippen LogP contribution in [0.15, 0.2) is 18.2 Å². The van der Waals surface area contributed by atoms with E-state index in [1.165, 1.54) is 0 Å². The monoisotopic (exact) mass is 170 g/mol. The van der Waals surface area contributed by atoms with Gasteiger partial charge in [0.05, 0.1) is 0 Å². The van der Waals surface area contributed by atoms with Gasteiger partial charge in [0.15, 0.2) is 15.2 Å². The fourth-order valence-electron chi connectivity index (χ4n) is 0.340. The second kappa shape index (κ2) is 11.5. The Morgan fingerprint density at radius 1 is 1.44 bits per heavy atom. The van der Waals surface area contributed by atoms with Crippen LogP contribution in [0.25, 0.3) is 0 Å². The molecule has 0 atom stereocenters. The molecule has 0 unspecified atom stereocenters. The summed E-state index contributed by atoms with van der Waals surface area (Å²) in [4.78, 5) is 0. The summed E-state index contributed by atoms with van der Waals surface area (Å²) in [6.45, 7) is 0. The van der Waals surface area contributed by atoms with Crippen molar-refractivity contribution in [1.82, 2.24) is 0 Å². The van der Waals surface area contributed by atoms with Crippen molar-refractivity contribution in [1.29, 1.82) is 0 Å². The van der Waals surface area contributed by atoms with Crippen molar-refractivity contribution < 1.29 is 21.7 Å². The van der Waals surface area contributed by atoms with Gasteiger partial charge in [0.25, 0.3) is 0 Å². The molecule has 0 aromatic rings. The second-order valence-electron chi connectivity index (χ2n) is 1.58. The number of allylic oxidation sites excluding steroid dienone is 4. The zero-order valence-corrected chi connectivity index (χ0v) is 8.73. The molecule has 0 fully saturated rings. The van der Waals surface area contributed by atoms with Crippen LogP contribution in [-0.2, 0) is 21.7 Å². The Kier molecular flexibility index (Phi) is 15.9. The summed E-state index contributed by atoms with van der Waals surface area (Å²) in [5.41, 5.74) is 0. The molecule has 1 aliphatic carbocycles. The van der Waals surface area contributed by atoms with Crippen LogP contribution in [0.1, 0.15) is 6.42 Å². The fraction of sp³-hybridized carbons (Fsp3) is 0.429. The molecular weight excluding hydrogens is 159 g/mol. The van der Waals surface area contributed by atoms with Crippen LogP contribution in [0.3, 0.4) is 0 Å². The first kappa shape index (κ1) is 12.4. The minimum absolute atomic E-state index is 0. The summed E-state index contributed by atoms with van der Waals surface area (Å²) >= 11 is 0.750. The van der Waals surface area contributed by atoms with Crippen LogP contribution in [0.2, 0.25) is 11.6 Å². The van der Waals surface area contributed by atoms with Crippen LogP contribution in [-0.4, -0.2) is 15.2 Å². The third kappa shape index (κ3) is 12.0. The molecule has 0 spiro atoms. The van der Waals surface area contributed by atoms with Crippen molar-refractivity contribution in [3.63, 3.8) is 0 Å². The Hall–Kier alpha value is 0.727. The third-order valence-electron chi connectivity index (χ3n) is 0.586. The molecular formula is C7H11AlTi-. The second-order valence-corrected chi connectivity index (χ2v) is 2.74. The van der Waals surface area contributed by atoms with E-state index < -0.39 is 0 Å². The predicted octanol–water partition coefficient (Wildman–Crippen LogP) is 2.09. The fourth-order valence-corrected chi connectivity index (χ4v) is 0.340. The molecule has 0 aromatic carbocycles. The molecule has 0 aliphatic heterocycles. The first-order chi connectivity index (χ1) is 3.91. The van der Waals surface area contributed by atoms with E-state index in [0.29, 0.717) is 0 Å². The maximum absolute atomic E-state index is 2.99. The summed E-state index contributed by atoms with van der Waals surface area (Å²) in [6, 6.07) is 0. The van der Waals surface area contributed by atoms with Gasteiger partial charge in [-0.2, -0.15) is 6.08 Å². The SMILES string of the molecule is [C-]1=CC=CC1.[CH3][Al][CH3].[Ti]. The normalized spacial score (nSPS) is 11.3. The molecule has 0 saturated carbocycles. The molecule has 0 nitrogen and oxygen atoms in total. The Balaban J connectivity index is 0. The molecule has 1 radical (unpaired) electrons. The van der Waals surface area contributed by atoms with Crippen molar-refractivity contribution in [2.45, 2.75) is 18.0 Å². The molecule has 0 N–H and O–H groups in total. The Morgan fingerprint density at radius 3 is 2.11 bits per heavy atom. The van der Waals surface area contributed by atoms with Crippen molar-refractivity contribution in [2.75, 3.05) is 0 Å². The van der Waals surface area contributed by atoms with E-state index in [0.717, 1.165) is 21.6 Å². The van der Waals surface area contributed by atoms with E-state index in [1.807, 2.05) is 12.2 Å². The molecule has 47 valence electrons. The van der Waals surface area contributed by atoms with Crippen LogP contribution in [0.5, 0.6) is 0 Å². The number of hydrogen-bond donors (Lipinski definition) is 0. The van der Waals surface area contributed by atoms with E-state index in [-0.39, 0.29) is 21.7 Å². The van der Waals surface area contributed by atoms with Gasteiger partial charge in [-0.1, -0.05) is 0 Å². The molecule has 1 aliphatic rings. The Labute approximate surface area is 79.0 Å². The minimum atomic E-state index is 0. The largest absolute Gasteiger partial charge is 0.273 e. The van der Waals surface area contributed by atoms with Crippen molar-refractivity contribution in [3.05, 3.63) is 24.3 Å². The Morgan fingerprint density at radius 2 is 2.00 bits per heavy atom. The summed E-state index contributed by atoms with van der Waals surface area (Å²) in [5.74, 6) is 4.42. The van der Waals surface area contributed by atoms with E-state index in [4.69, 9.17) is 0 Å². The quantitative estimate of drug-likeness (QED) is 0.385. The van der Waals surface area contributed by atoms with Crippen LogP contribution < -0.4 is 0 Å². The van der Waals surface area contributed by atoms with Crippen molar-refractivity contribution >= 4 is 15.2 Å². The first-order valence-electron chi connectivity index (χ1n) is 2.87. The standard InChI is InChI=1S/C5H5.2CH3.Al.Ti/c1-2-4-5-3-1;;;;/h1-3H,4H2;2*1H3;;/q-1;;;;. The van der Waals surface area contributed by atoms with E-state index in [2.05, 4.69) is 23.7 Å². The molecule has 1 rings (SSSR count). The van der Waals surface area contributed by atoms with Crippen LogP contribution in [0.4, 0.5) is 0 Å². The summed E-state index contributed by atoms with van der Waals surface area (Å²) in [5, 5.41) is 0. The molecule has 9 heavy (non-hydrogen) atoms. The topological polar surface area (TPSA) is 0 Å². The van der Waals surface area contributed by atoms with Crippen LogP contribution >= 0.6 is 0 Å². The zero-order valence-electron chi connectivity index (χ0n) is 6.02. The molecule has 2 heteroatoms. The zero-order chi connectivity index (χ0) is 6.24. The average molecular weight is 170 g/mol. The molecule has 0 aromatic heterocycles. The maximum atomic E-state index is 2.99. The van der Waals surface area contributed by atoms with Gasteiger partial charge in [-0.15, -0.1) is 18.0 Å². The van der Waals surface area contributed by atoms with E-state index >= 15 is 0 Å². The molecule has 0 amide bonds. The van der Waals surface area contributed by atoms with Gasteiger partial charge in [-0.05, 0) is 0 Å². The van der Waals surface area contributed by atoms with Gasteiger partial charge in [0.1, 0.15) is 0 Å². The number of hydrogen-bond acceptors (Lipinski definition) is 0. The van der Waals surface area contributed by atoms with Crippen LogP contribution in [0, 0.1) is 6.08 Å². The predicted molar refractivity (Wildman–Crippen MR) is 39.1 cm³/mol. The first-order valence-corrected chi connectivity index (χ1v) is 5.18. The van der Waals surface area contributed by atoms with Gasteiger partial charge in [0.2, 0.25) is 0 Å². The summed E-state index contributed by atoms with van der Waals surface area (Å²) < 4.78 is 0. The number of rotatable bonds is 0. The van der Waals surface area contributed by atoms with Crippen molar-refractivity contribution in [3.8, 4) is 0 Å². The minimum Gasteiger partial charge on any atom is -0.273 e. The molecule has 0 heterocycles. The van der Waals surface area contributed by atoms with Gasteiger partial charge in [-0.3, -0.25) is 6.08 Å². The van der Waals surface area contributed by atoms with E-state index in [9.17, 15) is 0 Å². The third-order valence-corrected chi connectivity index (χ3v) is 0.586.